The molecule has 0 radical (unpaired) electrons. The van der Waals surface area contributed by atoms with Crippen LogP contribution in [-0.4, -0.2) is 53.2 Å². The molecule has 1 unspecified atom stereocenters. The van der Waals surface area contributed by atoms with Crippen LogP contribution >= 0.6 is 0 Å². The number of carbonyl (C=O) groups excluding carboxylic acids is 1. The zero-order valence-electron chi connectivity index (χ0n) is 15.1. The molecule has 2 aromatic heterocycles. The standard InChI is InChI=1S/C17H23N5O4S/c1-2-26-17(23)15-7-4-10-21(13-15)27(24,25)20-12-14-6-3-8-18-16(14)22-11-5-9-19-22/h3,5-6,8-9,11,15,20H,2,4,7,10,12-13H2,1H3. The number of hydrogen-bond donors (Lipinski definition) is 1. The van der Waals surface area contributed by atoms with Gasteiger partial charge in [0.1, 0.15) is 0 Å². The van der Waals surface area contributed by atoms with Crippen LogP contribution in [0.25, 0.3) is 5.82 Å². The summed E-state index contributed by atoms with van der Waals surface area (Å²) in [6, 6.07) is 5.31. The number of carbonyl (C=O) groups is 1. The number of pyridine rings is 1. The molecule has 1 fully saturated rings. The molecule has 1 aliphatic rings. The summed E-state index contributed by atoms with van der Waals surface area (Å²) in [7, 11) is -3.73. The van der Waals surface area contributed by atoms with E-state index in [1.54, 1.807) is 48.4 Å². The second-order valence-electron chi connectivity index (χ2n) is 6.21. The first kappa shape index (κ1) is 19.5. The summed E-state index contributed by atoms with van der Waals surface area (Å²) in [5, 5.41) is 4.14. The molecule has 0 bridgehead atoms. The topological polar surface area (TPSA) is 106 Å². The maximum absolute atomic E-state index is 12.7. The first-order valence-electron chi connectivity index (χ1n) is 8.86. The zero-order chi connectivity index (χ0) is 19.3. The van der Waals surface area contributed by atoms with Gasteiger partial charge in [-0.3, -0.25) is 4.79 Å². The minimum absolute atomic E-state index is 0.0753. The average Bonchev–Trinajstić information content (AvgIpc) is 3.22. The fraction of sp³-hybridized carbons (Fsp3) is 0.471. The molecule has 0 saturated carbocycles. The SMILES string of the molecule is CCOC(=O)C1CCCN(S(=O)(=O)NCc2cccnc2-n2cccn2)C1. The molecule has 3 heterocycles. The van der Waals surface area contributed by atoms with E-state index in [1.165, 1.54) is 4.31 Å². The third-order valence-corrected chi connectivity index (χ3v) is 5.90. The highest BCUT2D eigenvalue weighted by atomic mass is 32.2. The molecule has 0 amide bonds. The van der Waals surface area contributed by atoms with Crippen molar-refractivity contribution in [3.63, 3.8) is 0 Å². The van der Waals surface area contributed by atoms with Gasteiger partial charge in [-0.2, -0.15) is 22.5 Å². The fourth-order valence-corrected chi connectivity index (χ4v) is 4.31. The Hall–Kier alpha value is -2.30. The van der Waals surface area contributed by atoms with Crippen LogP contribution in [0.1, 0.15) is 25.3 Å². The number of piperidine rings is 1. The van der Waals surface area contributed by atoms with E-state index in [0.717, 1.165) is 0 Å². The summed E-state index contributed by atoms with van der Waals surface area (Å²) in [4.78, 5) is 16.2. The average molecular weight is 393 g/mol. The van der Waals surface area contributed by atoms with Crippen LogP contribution in [0.4, 0.5) is 0 Å². The van der Waals surface area contributed by atoms with Crippen molar-refractivity contribution in [3.05, 3.63) is 42.4 Å². The number of ether oxygens (including phenoxy) is 1. The highest BCUT2D eigenvalue weighted by Crippen LogP contribution is 2.20. The lowest BCUT2D eigenvalue weighted by molar-refractivity contribution is -0.149. The van der Waals surface area contributed by atoms with Crippen molar-refractivity contribution in [1.82, 2.24) is 23.8 Å². The maximum Gasteiger partial charge on any atom is 0.310 e. The van der Waals surface area contributed by atoms with Gasteiger partial charge in [-0.1, -0.05) is 6.07 Å². The van der Waals surface area contributed by atoms with E-state index >= 15 is 0 Å². The smallest absolute Gasteiger partial charge is 0.310 e. The number of rotatable bonds is 7. The van der Waals surface area contributed by atoms with E-state index in [-0.39, 0.29) is 25.7 Å². The van der Waals surface area contributed by atoms with E-state index in [0.29, 0.717) is 30.8 Å². The normalized spacial score (nSPS) is 18.3. The Balaban J connectivity index is 1.68. The van der Waals surface area contributed by atoms with Gasteiger partial charge in [0.15, 0.2) is 5.82 Å². The Kier molecular flexibility index (Phi) is 6.19. The van der Waals surface area contributed by atoms with E-state index in [2.05, 4.69) is 14.8 Å². The monoisotopic (exact) mass is 393 g/mol. The summed E-state index contributed by atoms with van der Waals surface area (Å²) in [5.74, 6) is -0.202. The summed E-state index contributed by atoms with van der Waals surface area (Å²) in [5.41, 5.74) is 0.698. The van der Waals surface area contributed by atoms with Gasteiger partial charge in [0.2, 0.25) is 0 Å². The summed E-state index contributed by atoms with van der Waals surface area (Å²) in [6.07, 6.45) is 6.26. The summed E-state index contributed by atoms with van der Waals surface area (Å²) >= 11 is 0. The van der Waals surface area contributed by atoms with Crippen LogP contribution in [0, 0.1) is 5.92 Å². The lowest BCUT2D eigenvalue weighted by atomic mass is 10.0. The maximum atomic E-state index is 12.7. The van der Waals surface area contributed by atoms with Crippen LogP contribution in [0.5, 0.6) is 0 Å². The molecule has 10 heteroatoms. The molecule has 9 nitrogen and oxygen atoms in total. The number of aromatic nitrogens is 3. The van der Waals surface area contributed by atoms with Crippen molar-refractivity contribution in [2.75, 3.05) is 19.7 Å². The van der Waals surface area contributed by atoms with Gasteiger partial charge in [-0.05, 0) is 31.9 Å². The van der Waals surface area contributed by atoms with Crippen molar-refractivity contribution in [1.29, 1.82) is 0 Å². The van der Waals surface area contributed by atoms with Crippen LogP contribution in [0.3, 0.4) is 0 Å². The molecule has 0 spiro atoms. The zero-order valence-corrected chi connectivity index (χ0v) is 15.9. The van der Waals surface area contributed by atoms with E-state index in [1.807, 2.05) is 0 Å². The quantitative estimate of drug-likeness (QED) is 0.700. The summed E-state index contributed by atoms with van der Waals surface area (Å²) < 4.78 is 35.9. The Labute approximate surface area is 158 Å². The molecule has 27 heavy (non-hydrogen) atoms. The largest absolute Gasteiger partial charge is 0.466 e. The minimum Gasteiger partial charge on any atom is -0.466 e. The molecule has 1 saturated heterocycles. The van der Waals surface area contributed by atoms with Crippen molar-refractivity contribution in [2.24, 2.45) is 5.92 Å². The van der Waals surface area contributed by atoms with Gasteiger partial charge in [0.25, 0.3) is 10.2 Å². The molecule has 0 aromatic carbocycles. The highest BCUT2D eigenvalue weighted by molar-refractivity contribution is 7.87. The Bertz CT molecular complexity index is 869. The minimum atomic E-state index is -3.73. The Morgan fingerprint density at radius 1 is 1.37 bits per heavy atom. The predicted octanol–water partition coefficient (Wildman–Crippen LogP) is 0.877. The van der Waals surface area contributed by atoms with Crippen LogP contribution in [0.15, 0.2) is 36.8 Å². The molecule has 1 atom stereocenters. The van der Waals surface area contributed by atoms with Gasteiger partial charge in [-0.15, -0.1) is 0 Å². The van der Waals surface area contributed by atoms with Gasteiger partial charge in [0, 0.05) is 43.8 Å². The van der Waals surface area contributed by atoms with Crippen LogP contribution < -0.4 is 4.72 Å². The van der Waals surface area contributed by atoms with Crippen molar-refractivity contribution < 1.29 is 17.9 Å². The molecular weight excluding hydrogens is 370 g/mol. The first-order chi connectivity index (χ1) is 13.0. The third kappa shape index (κ3) is 4.71. The first-order valence-corrected chi connectivity index (χ1v) is 10.3. The van der Waals surface area contributed by atoms with Gasteiger partial charge >= 0.3 is 5.97 Å². The van der Waals surface area contributed by atoms with Crippen LogP contribution in [-0.2, 0) is 26.3 Å². The Morgan fingerprint density at radius 3 is 2.96 bits per heavy atom. The van der Waals surface area contributed by atoms with Gasteiger partial charge in [-0.25, -0.2) is 9.67 Å². The molecule has 1 aliphatic heterocycles. The molecule has 3 rings (SSSR count). The number of hydrogen-bond acceptors (Lipinski definition) is 6. The number of esters is 1. The summed E-state index contributed by atoms with van der Waals surface area (Å²) in [6.45, 7) is 2.61. The second-order valence-corrected chi connectivity index (χ2v) is 7.97. The molecule has 1 N–H and O–H groups in total. The molecule has 2 aromatic rings. The van der Waals surface area contributed by atoms with Crippen LogP contribution in [0.2, 0.25) is 0 Å². The molecule has 0 aliphatic carbocycles. The van der Waals surface area contributed by atoms with E-state index in [9.17, 15) is 13.2 Å². The van der Waals surface area contributed by atoms with Crippen molar-refractivity contribution >= 4 is 16.2 Å². The second kappa shape index (κ2) is 8.59. The van der Waals surface area contributed by atoms with Crippen molar-refractivity contribution in [3.8, 4) is 5.82 Å². The highest BCUT2D eigenvalue weighted by Gasteiger charge is 2.33. The number of nitrogens with zero attached hydrogens (tertiary/aromatic N) is 4. The van der Waals surface area contributed by atoms with E-state index < -0.39 is 16.1 Å². The Morgan fingerprint density at radius 2 is 2.22 bits per heavy atom. The number of nitrogens with one attached hydrogen (secondary N) is 1. The third-order valence-electron chi connectivity index (χ3n) is 4.38. The molecule has 146 valence electrons. The fourth-order valence-electron chi connectivity index (χ4n) is 3.04. The lowest BCUT2D eigenvalue weighted by Crippen LogP contribution is -2.47. The van der Waals surface area contributed by atoms with Gasteiger partial charge < -0.3 is 4.74 Å². The lowest BCUT2D eigenvalue weighted by Gasteiger charge is -2.30. The predicted molar refractivity (Wildman–Crippen MR) is 98.0 cm³/mol. The molecular formula is C17H23N5O4S. The van der Waals surface area contributed by atoms with E-state index in [4.69, 9.17) is 4.74 Å². The van der Waals surface area contributed by atoms with Gasteiger partial charge in [0.05, 0.1) is 12.5 Å². The van der Waals surface area contributed by atoms with Crippen molar-refractivity contribution in [2.45, 2.75) is 26.3 Å².